The minimum Gasteiger partial charge on any atom is -0.444 e. The zero-order chi connectivity index (χ0) is 21.2. The van der Waals surface area contributed by atoms with E-state index in [1.165, 1.54) is 22.5 Å². The van der Waals surface area contributed by atoms with Gasteiger partial charge in [-0.15, -0.1) is 11.3 Å². The number of thiazole rings is 1. The lowest BCUT2D eigenvalue weighted by molar-refractivity contribution is 0.0892. The van der Waals surface area contributed by atoms with Crippen molar-refractivity contribution in [3.63, 3.8) is 0 Å². The monoisotopic (exact) mass is 423 g/mol. The van der Waals surface area contributed by atoms with Gasteiger partial charge in [-0.25, -0.2) is 4.79 Å². The summed E-state index contributed by atoms with van der Waals surface area (Å²) in [6.45, 7) is 0.249. The molecule has 6 heteroatoms. The van der Waals surface area contributed by atoms with Crippen molar-refractivity contribution < 1.29 is 9.53 Å². The van der Waals surface area contributed by atoms with E-state index in [0.29, 0.717) is 0 Å². The van der Waals surface area contributed by atoms with E-state index in [4.69, 9.17) is 10.5 Å². The Kier molecular flexibility index (Phi) is 8.41. The third kappa shape index (κ3) is 6.97. The third-order valence-corrected chi connectivity index (χ3v) is 5.94. The Morgan fingerprint density at radius 3 is 2.27 bits per heavy atom. The second-order valence-electron chi connectivity index (χ2n) is 7.50. The summed E-state index contributed by atoms with van der Waals surface area (Å²) in [4.78, 5) is 19.3. The summed E-state index contributed by atoms with van der Waals surface area (Å²) >= 11 is 1.48. The van der Waals surface area contributed by atoms with Crippen molar-refractivity contribution in [1.29, 1.82) is 0 Å². The molecule has 5 nitrogen and oxygen atoms in total. The van der Waals surface area contributed by atoms with Gasteiger partial charge in [0.25, 0.3) is 0 Å². The average molecular weight is 424 g/mol. The number of aromatic nitrogens is 1. The van der Waals surface area contributed by atoms with Crippen LogP contribution in [0.1, 0.15) is 28.8 Å². The first-order valence-electron chi connectivity index (χ1n) is 10.2. The van der Waals surface area contributed by atoms with Crippen LogP contribution in [0.3, 0.4) is 0 Å². The lowest BCUT2D eigenvalue weighted by Gasteiger charge is -2.28. The van der Waals surface area contributed by atoms with Crippen LogP contribution in [-0.4, -0.2) is 35.1 Å². The maximum Gasteiger partial charge on any atom is 0.410 e. The highest BCUT2D eigenvalue weighted by molar-refractivity contribution is 7.09. The second kappa shape index (κ2) is 11.5. The van der Waals surface area contributed by atoms with E-state index in [1.54, 1.807) is 16.6 Å². The Morgan fingerprint density at radius 1 is 1.03 bits per heavy atom. The van der Waals surface area contributed by atoms with E-state index in [0.717, 1.165) is 30.6 Å². The highest BCUT2D eigenvalue weighted by Gasteiger charge is 2.22. The minimum atomic E-state index is -0.319. The van der Waals surface area contributed by atoms with Gasteiger partial charge in [0.15, 0.2) is 0 Å². The van der Waals surface area contributed by atoms with Crippen molar-refractivity contribution >= 4 is 17.4 Å². The van der Waals surface area contributed by atoms with Crippen LogP contribution in [0.15, 0.2) is 72.4 Å². The number of hydrogen-bond acceptors (Lipinski definition) is 5. The van der Waals surface area contributed by atoms with Gasteiger partial charge in [-0.1, -0.05) is 60.7 Å². The van der Waals surface area contributed by atoms with E-state index in [9.17, 15) is 4.79 Å². The number of ether oxygens (including phenoxy) is 1. The molecule has 1 amide bonds. The Bertz CT molecular complexity index is 872. The molecule has 0 radical (unpaired) electrons. The molecule has 158 valence electrons. The molecule has 0 fully saturated rings. The van der Waals surface area contributed by atoms with Gasteiger partial charge < -0.3 is 15.4 Å². The summed E-state index contributed by atoms with van der Waals surface area (Å²) < 4.78 is 5.50. The number of nitrogens with two attached hydrogens (primary N) is 1. The first-order valence-corrected chi connectivity index (χ1v) is 11.1. The molecule has 0 saturated carbocycles. The van der Waals surface area contributed by atoms with Gasteiger partial charge in [0.2, 0.25) is 0 Å². The topological polar surface area (TPSA) is 68.5 Å². The molecular formula is C24H29N3O2S. The predicted molar refractivity (Wildman–Crippen MR) is 121 cm³/mol. The van der Waals surface area contributed by atoms with Crippen LogP contribution in [-0.2, 0) is 24.2 Å². The molecule has 2 atom stereocenters. The lowest BCUT2D eigenvalue weighted by atomic mass is 9.96. The quantitative estimate of drug-likeness (QED) is 0.514. The van der Waals surface area contributed by atoms with E-state index in [-0.39, 0.29) is 24.8 Å². The average Bonchev–Trinajstić information content (AvgIpc) is 3.29. The van der Waals surface area contributed by atoms with Gasteiger partial charge in [0.05, 0.1) is 10.4 Å². The van der Waals surface area contributed by atoms with E-state index >= 15 is 0 Å². The van der Waals surface area contributed by atoms with Crippen LogP contribution in [0.5, 0.6) is 0 Å². The lowest BCUT2D eigenvalue weighted by Crippen LogP contribution is -2.40. The van der Waals surface area contributed by atoms with Crippen molar-refractivity contribution in [3.8, 4) is 0 Å². The summed E-state index contributed by atoms with van der Waals surface area (Å²) in [5.74, 6) is 0. The number of benzene rings is 2. The van der Waals surface area contributed by atoms with E-state index in [2.05, 4.69) is 29.2 Å². The number of hydrogen-bond donors (Lipinski definition) is 1. The Hall–Kier alpha value is -2.70. The number of likely N-dealkylation sites (N-methyl/N-ethyl adjacent to an activating group) is 1. The zero-order valence-electron chi connectivity index (χ0n) is 17.3. The fourth-order valence-electron chi connectivity index (χ4n) is 3.44. The summed E-state index contributed by atoms with van der Waals surface area (Å²) in [7, 11) is 1.81. The molecule has 0 aliphatic heterocycles. The summed E-state index contributed by atoms with van der Waals surface area (Å²) in [6, 6.07) is 20.6. The fraction of sp³-hybridized carbons (Fsp3) is 0.333. The Morgan fingerprint density at radius 2 is 1.67 bits per heavy atom. The van der Waals surface area contributed by atoms with Crippen molar-refractivity contribution in [2.45, 2.75) is 44.4 Å². The van der Waals surface area contributed by atoms with Crippen molar-refractivity contribution in [2.75, 3.05) is 7.05 Å². The number of carbonyl (C=O) groups is 1. The predicted octanol–water partition coefficient (Wildman–Crippen LogP) is 4.67. The van der Waals surface area contributed by atoms with Gasteiger partial charge in [-0.3, -0.25) is 4.98 Å². The highest BCUT2D eigenvalue weighted by Crippen LogP contribution is 2.17. The van der Waals surface area contributed by atoms with Crippen LogP contribution in [0.25, 0.3) is 0 Å². The van der Waals surface area contributed by atoms with Crippen LogP contribution >= 0.6 is 11.3 Å². The molecule has 0 aliphatic carbocycles. The largest absolute Gasteiger partial charge is 0.444 e. The molecule has 0 saturated heterocycles. The Balaban J connectivity index is 1.59. The third-order valence-electron chi connectivity index (χ3n) is 5.18. The number of rotatable bonds is 10. The molecule has 3 rings (SSSR count). The summed E-state index contributed by atoms with van der Waals surface area (Å²) in [5, 5.41) is 0. The standard InChI is InChI=1S/C24H29N3O2S/c1-27(24(28)29-17-23-16-26-18-30-23)22(15-20-10-6-3-7-11-20)13-12-21(25)14-19-8-4-2-5-9-19/h2-11,16,18,21-22H,12-15,17,25H2,1H3/t21-,22-/m1/s1. The van der Waals surface area contributed by atoms with Crippen LogP contribution in [0, 0.1) is 0 Å². The van der Waals surface area contributed by atoms with E-state index in [1.807, 2.05) is 43.4 Å². The maximum absolute atomic E-state index is 12.7. The molecular weight excluding hydrogens is 394 g/mol. The molecule has 1 heterocycles. The molecule has 3 aromatic rings. The van der Waals surface area contributed by atoms with Gasteiger partial charge in [-0.2, -0.15) is 0 Å². The smallest absolute Gasteiger partial charge is 0.410 e. The van der Waals surface area contributed by atoms with E-state index < -0.39 is 0 Å². The van der Waals surface area contributed by atoms with Crippen molar-refractivity contribution in [2.24, 2.45) is 5.73 Å². The first-order chi connectivity index (χ1) is 14.6. The minimum absolute atomic E-state index is 0.0168. The van der Waals surface area contributed by atoms with Gasteiger partial charge in [0.1, 0.15) is 6.61 Å². The van der Waals surface area contributed by atoms with Crippen LogP contribution in [0.4, 0.5) is 4.79 Å². The van der Waals surface area contributed by atoms with Gasteiger partial charge >= 0.3 is 6.09 Å². The zero-order valence-corrected chi connectivity index (χ0v) is 18.1. The normalized spacial score (nSPS) is 12.9. The van der Waals surface area contributed by atoms with Crippen LogP contribution in [0.2, 0.25) is 0 Å². The molecule has 0 unspecified atom stereocenters. The van der Waals surface area contributed by atoms with Crippen molar-refractivity contribution in [1.82, 2.24) is 9.88 Å². The fourth-order valence-corrected chi connectivity index (χ4v) is 3.95. The summed E-state index contributed by atoms with van der Waals surface area (Å²) in [6.07, 6.45) is 4.65. The highest BCUT2D eigenvalue weighted by atomic mass is 32.1. The van der Waals surface area contributed by atoms with Gasteiger partial charge in [-0.05, 0) is 36.8 Å². The number of amides is 1. The maximum atomic E-state index is 12.7. The van der Waals surface area contributed by atoms with Crippen LogP contribution < -0.4 is 5.73 Å². The summed E-state index contributed by atoms with van der Waals surface area (Å²) in [5.41, 5.74) is 10.6. The first kappa shape index (κ1) is 22.0. The van der Waals surface area contributed by atoms with Crippen molar-refractivity contribution in [3.05, 3.63) is 88.4 Å². The molecule has 2 aromatic carbocycles. The number of carbonyl (C=O) groups excluding carboxylic acids is 1. The van der Waals surface area contributed by atoms with Gasteiger partial charge in [0, 0.05) is 25.3 Å². The molecule has 0 aliphatic rings. The second-order valence-corrected chi connectivity index (χ2v) is 8.47. The molecule has 0 spiro atoms. The molecule has 2 N–H and O–H groups in total. The molecule has 0 bridgehead atoms. The molecule has 30 heavy (non-hydrogen) atoms. The Labute approximate surface area is 182 Å². The number of nitrogens with zero attached hydrogens (tertiary/aromatic N) is 2. The SMILES string of the molecule is CN(C(=O)OCc1cncs1)[C@H](CC[C@@H](N)Cc1ccccc1)Cc1ccccc1. The molecule has 1 aromatic heterocycles.